The van der Waals surface area contributed by atoms with Crippen LogP contribution in [0.5, 0.6) is 17.2 Å². The number of benzene rings is 2. The van der Waals surface area contributed by atoms with Gasteiger partial charge in [-0.05, 0) is 24.3 Å². The number of carbonyl (C=O) groups is 2. The maximum Gasteiger partial charge on any atom is 0.342 e. The summed E-state index contributed by atoms with van der Waals surface area (Å²) in [6.45, 7) is 0.215. The normalized spacial score (nSPS) is 14.5. The van der Waals surface area contributed by atoms with E-state index in [1.54, 1.807) is 18.2 Å². The van der Waals surface area contributed by atoms with Crippen molar-refractivity contribution < 1.29 is 37.0 Å². The monoisotopic (exact) mass is 478 g/mol. The molecule has 0 atom stereocenters. The Labute approximate surface area is 192 Å². The SMILES string of the molecule is COc1ccc(C(=O)OCC(=O)N2CCN(S(=O)(=O)c3ccccc3)CC2)c(OC)c1OC. The Morgan fingerprint density at radius 1 is 0.848 bits per heavy atom. The first kappa shape index (κ1) is 24.3. The van der Waals surface area contributed by atoms with E-state index in [1.807, 2.05) is 0 Å². The van der Waals surface area contributed by atoms with Gasteiger partial charge >= 0.3 is 5.97 Å². The molecule has 2 aromatic rings. The van der Waals surface area contributed by atoms with Crippen molar-refractivity contribution in [3.63, 3.8) is 0 Å². The summed E-state index contributed by atoms with van der Waals surface area (Å²) in [6, 6.07) is 11.1. The van der Waals surface area contributed by atoms with Crippen LogP contribution in [0.25, 0.3) is 0 Å². The Balaban J connectivity index is 1.59. The molecular formula is C22H26N2O8S. The molecule has 0 spiro atoms. The number of hydrogen-bond acceptors (Lipinski definition) is 8. The van der Waals surface area contributed by atoms with E-state index in [-0.39, 0.29) is 48.1 Å². The first-order valence-electron chi connectivity index (χ1n) is 10.1. The molecule has 0 saturated carbocycles. The van der Waals surface area contributed by atoms with Crippen molar-refractivity contribution in [3.8, 4) is 17.2 Å². The molecule has 0 aliphatic carbocycles. The third kappa shape index (κ3) is 5.20. The van der Waals surface area contributed by atoms with Crippen LogP contribution in [0.1, 0.15) is 10.4 Å². The third-order valence-electron chi connectivity index (χ3n) is 5.22. The van der Waals surface area contributed by atoms with Crippen LogP contribution in [0, 0.1) is 0 Å². The molecule has 0 unspecified atom stereocenters. The minimum absolute atomic E-state index is 0.0849. The van der Waals surface area contributed by atoms with Crippen LogP contribution in [-0.2, 0) is 19.6 Å². The largest absolute Gasteiger partial charge is 0.493 e. The summed E-state index contributed by atoms with van der Waals surface area (Å²) in [5.74, 6) is -0.429. The Morgan fingerprint density at radius 3 is 2.06 bits per heavy atom. The van der Waals surface area contributed by atoms with Gasteiger partial charge in [0.2, 0.25) is 15.8 Å². The van der Waals surface area contributed by atoms with Gasteiger partial charge in [-0.1, -0.05) is 18.2 Å². The van der Waals surface area contributed by atoms with E-state index in [1.165, 1.54) is 54.8 Å². The molecule has 0 N–H and O–H groups in total. The second-order valence-corrected chi connectivity index (χ2v) is 8.99. The number of amides is 1. The zero-order chi connectivity index (χ0) is 24.0. The van der Waals surface area contributed by atoms with Crippen LogP contribution in [0.2, 0.25) is 0 Å². The van der Waals surface area contributed by atoms with Gasteiger partial charge in [-0.15, -0.1) is 0 Å². The van der Waals surface area contributed by atoms with Crippen molar-refractivity contribution in [2.24, 2.45) is 0 Å². The number of ether oxygens (including phenoxy) is 4. The molecule has 11 heteroatoms. The number of carbonyl (C=O) groups excluding carboxylic acids is 2. The lowest BCUT2D eigenvalue weighted by molar-refractivity contribution is -0.135. The maximum absolute atomic E-state index is 12.7. The Kier molecular flexibility index (Phi) is 7.77. The van der Waals surface area contributed by atoms with Gasteiger partial charge in [-0.25, -0.2) is 13.2 Å². The second kappa shape index (κ2) is 10.5. The van der Waals surface area contributed by atoms with E-state index >= 15 is 0 Å². The average molecular weight is 479 g/mol. The predicted molar refractivity (Wildman–Crippen MR) is 118 cm³/mol. The highest BCUT2D eigenvalue weighted by molar-refractivity contribution is 7.89. The van der Waals surface area contributed by atoms with Crippen LogP contribution >= 0.6 is 0 Å². The van der Waals surface area contributed by atoms with Crippen molar-refractivity contribution in [1.82, 2.24) is 9.21 Å². The van der Waals surface area contributed by atoms with Gasteiger partial charge in [-0.3, -0.25) is 4.79 Å². The minimum Gasteiger partial charge on any atom is -0.493 e. The van der Waals surface area contributed by atoms with Gasteiger partial charge in [-0.2, -0.15) is 4.31 Å². The minimum atomic E-state index is -3.62. The summed E-state index contributed by atoms with van der Waals surface area (Å²) in [5, 5.41) is 0. The van der Waals surface area contributed by atoms with Crippen molar-refractivity contribution in [3.05, 3.63) is 48.0 Å². The molecule has 2 aromatic carbocycles. The predicted octanol–water partition coefficient (Wildman–Crippen LogP) is 1.40. The quantitative estimate of drug-likeness (QED) is 0.524. The molecule has 0 aromatic heterocycles. The van der Waals surface area contributed by atoms with Crippen LogP contribution < -0.4 is 14.2 Å². The first-order valence-corrected chi connectivity index (χ1v) is 11.6. The standard InChI is InChI=1S/C22H26N2O8S/c1-29-18-10-9-17(20(30-2)21(18)31-3)22(26)32-15-19(25)23-11-13-24(14-12-23)33(27,28)16-7-5-4-6-8-16/h4-10H,11-15H2,1-3H3. The lowest BCUT2D eigenvalue weighted by atomic mass is 10.1. The topological polar surface area (TPSA) is 112 Å². The summed E-state index contributed by atoms with van der Waals surface area (Å²) < 4.78 is 47.7. The van der Waals surface area contributed by atoms with Crippen LogP contribution in [-0.4, -0.2) is 83.6 Å². The zero-order valence-corrected chi connectivity index (χ0v) is 19.5. The lowest BCUT2D eigenvalue weighted by Crippen LogP contribution is -2.51. The number of rotatable bonds is 8. The van der Waals surface area contributed by atoms with E-state index in [9.17, 15) is 18.0 Å². The number of methoxy groups -OCH3 is 3. The van der Waals surface area contributed by atoms with Gasteiger partial charge in [0.05, 0.1) is 26.2 Å². The van der Waals surface area contributed by atoms with Gasteiger partial charge < -0.3 is 23.8 Å². The summed E-state index contributed by atoms with van der Waals surface area (Å²) in [7, 11) is 0.629. The van der Waals surface area contributed by atoms with E-state index in [2.05, 4.69) is 0 Å². The second-order valence-electron chi connectivity index (χ2n) is 7.06. The molecule has 33 heavy (non-hydrogen) atoms. The maximum atomic E-state index is 12.7. The van der Waals surface area contributed by atoms with Crippen LogP contribution in [0.15, 0.2) is 47.4 Å². The van der Waals surface area contributed by atoms with Crippen molar-refractivity contribution in [2.75, 3.05) is 54.1 Å². The summed E-state index contributed by atoms with van der Waals surface area (Å²) in [6.07, 6.45) is 0. The zero-order valence-electron chi connectivity index (χ0n) is 18.6. The molecular weight excluding hydrogens is 452 g/mol. The van der Waals surface area contributed by atoms with Crippen molar-refractivity contribution in [2.45, 2.75) is 4.90 Å². The third-order valence-corrected chi connectivity index (χ3v) is 7.14. The lowest BCUT2D eigenvalue weighted by Gasteiger charge is -2.33. The number of hydrogen-bond donors (Lipinski definition) is 0. The summed E-state index contributed by atoms with van der Waals surface area (Å²) in [4.78, 5) is 26.8. The summed E-state index contributed by atoms with van der Waals surface area (Å²) in [5.41, 5.74) is 0.0849. The highest BCUT2D eigenvalue weighted by Gasteiger charge is 2.30. The van der Waals surface area contributed by atoms with Crippen molar-refractivity contribution >= 4 is 21.9 Å². The number of esters is 1. The van der Waals surface area contributed by atoms with E-state index in [0.717, 1.165) is 0 Å². The molecule has 1 saturated heterocycles. The fraction of sp³-hybridized carbons (Fsp3) is 0.364. The number of nitrogens with zero attached hydrogens (tertiary/aromatic N) is 2. The van der Waals surface area contributed by atoms with Gasteiger partial charge in [0.15, 0.2) is 18.1 Å². The Morgan fingerprint density at radius 2 is 1.48 bits per heavy atom. The molecule has 1 aliphatic rings. The smallest absolute Gasteiger partial charge is 0.342 e. The molecule has 0 radical (unpaired) electrons. The molecule has 1 amide bonds. The average Bonchev–Trinajstić information content (AvgIpc) is 2.86. The molecule has 3 rings (SSSR count). The molecule has 1 heterocycles. The molecule has 1 fully saturated rings. The van der Waals surface area contributed by atoms with Crippen molar-refractivity contribution in [1.29, 1.82) is 0 Å². The van der Waals surface area contributed by atoms with Gasteiger partial charge in [0, 0.05) is 26.2 Å². The van der Waals surface area contributed by atoms with E-state index < -0.39 is 28.5 Å². The number of sulfonamides is 1. The molecule has 0 bridgehead atoms. The highest BCUT2D eigenvalue weighted by atomic mass is 32.2. The van der Waals surface area contributed by atoms with Gasteiger partial charge in [0.1, 0.15) is 5.56 Å². The Hall–Kier alpha value is -3.31. The highest BCUT2D eigenvalue weighted by Crippen LogP contribution is 2.39. The van der Waals surface area contributed by atoms with Crippen LogP contribution in [0.4, 0.5) is 0 Å². The fourth-order valence-corrected chi connectivity index (χ4v) is 4.92. The first-order chi connectivity index (χ1) is 15.8. The molecule has 178 valence electrons. The van der Waals surface area contributed by atoms with Gasteiger partial charge in [0.25, 0.3) is 5.91 Å². The molecule has 1 aliphatic heterocycles. The van der Waals surface area contributed by atoms with Crippen LogP contribution in [0.3, 0.4) is 0 Å². The summed E-state index contributed by atoms with van der Waals surface area (Å²) >= 11 is 0. The van der Waals surface area contributed by atoms with E-state index in [0.29, 0.717) is 5.75 Å². The fourth-order valence-electron chi connectivity index (χ4n) is 3.48. The molecule has 10 nitrogen and oxygen atoms in total. The number of piperazine rings is 1. The van der Waals surface area contributed by atoms with E-state index in [4.69, 9.17) is 18.9 Å². The Bertz CT molecular complexity index is 1100.